The normalized spacial score (nSPS) is 13.4. The summed E-state index contributed by atoms with van der Waals surface area (Å²) in [6.07, 6.45) is 6.10. The van der Waals surface area contributed by atoms with Gasteiger partial charge in [0.1, 0.15) is 5.00 Å². The van der Waals surface area contributed by atoms with Crippen molar-refractivity contribution >= 4 is 39.1 Å². The predicted octanol–water partition coefficient (Wildman–Crippen LogP) is 5.99. The van der Waals surface area contributed by atoms with E-state index in [0.29, 0.717) is 38.8 Å². The fourth-order valence-corrected chi connectivity index (χ4v) is 6.23. The number of hydrogen-bond acceptors (Lipinski definition) is 6. The lowest BCUT2D eigenvalue weighted by Gasteiger charge is -2.13. The molecule has 5 rings (SSSR count). The Morgan fingerprint density at radius 2 is 1.70 bits per heavy atom. The summed E-state index contributed by atoms with van der Waals surface area (Å²) in [6.45, 7) is 0. The molecule has 0 saturated carbocycles. The van der Waals surface area contributed by atoms with Crippen LogP contribution in [-0.2, 0) is 12.8 Å². The number of carbonyl (C=O) groups is 2. The molecule has 3 N–H and O–H groups in total. The van der Waals surface area contributed by atoms with Crippen LogP contribution in [0.2, 0.25) is 0 Å². The van der Waals surface area contributed by atoms with Crippen molar-refractivity contribution in [1.29, 1.82) is 0 Å². The molecule has 1 aliphatic rings. The van der Waals surface area contributed by atoms with E-state index in [0.717, 1.165) is 53.5 Å². The van der Waals surface area contributed by atoms with Crippen LogP contribution in [0.5, 0.6) is 11.5 Å². The van der Waals surface area contributed by atoms with E-state index in [9.17, 15) is 9.59 Å². The predicted molar refractivity (Wildman–Crippen MR) is 147 cm³/mol. The molecule has 2 amide bonds. The van der Waals surface area contributed by atoms with Crippen molar-refractivity contribution < 1.29 is 19.1 Å². The highest BCUT2D eigenvalue weighted by Gasteiger charge is 2.25. The van der Waals surface area contributed by atoms with Gasteiger partial charge in [0.2, 0.25) is 0 Å². The molecule has 0 unspecified atom stereocenters. The van der Waals surface area contributed by atoms with Crippen molar-refractivity contribution in [2.45, 2.75) is 38.5 Å². The molecule has 0 saturated heterocycles. The fraction of sp³-hybridized carbons (Fsp3) is 0.276. The maximum atomic E-state index is 13.7. The number of ether oxygens (including phenoxy) is 2. The average molecular weight is 516 g/mol. The van der Waals surface area contributed by atoms with Crippen LogP contribution >= 0.6 is 11.3 Å². The van der Waals surface area contributed by atoms with Gasteiger partial charge in [-0.2, -0.15) is 0 Å². The number of carbonyl (C=O) groups excluding carboxylic acids is 2. The highest BCUT2D eigenvalue weighted by atomic mass is 32.1. The number of nitrogens with one attached hydrogen (secondary N) is 1. The zero-order valence-electron chi connectivity index (χ0n) is 20.9. The van der Waals surface area contributed by atoms with E-state index in [1.807, 2.05) is 42.5 Å². The second-order valence-electron chi connectivity index (χ2n) is 9.08. The largest absolute Gasteiger partial charge is 0.493 e. The molecule has 0 fully saturated rings. The number of aromatic nitrogens is 1. The maximum Gasteiger partial charge on any atom is 0.257 e. The van der Waals surface area contributed by atoms with Crippen LogP contribution in [0.4, 0.5) is 5.00 Å². The Hall–Kier alpha value is -3.91. The molecule has 1 aliphatic carbocycles. The van der Waals surface area contributed by atoms with E-state index in [1.54, 1.807) is 20.3 Å². The van der Waals surface area contributed by atoms with Crippen LogP contribution in [0.25, 0.3) is 22.2 Å². The minimum Gasteiger partial charge on any atom is -0.493 e. The third kappa shape index (κ3) is 4.89. The quantitative estimate of drug-likeness (QED) is 0.328. The average Bonchev–Trinajstić information content (AvgIpc) is 3.23. The lowest BCUT2D eigenvalue weighted by Crippen LogP contribution is -2.18. The van der Waals surface area contributed by atoms with E-state index in [2.05, 4.69) is 5.32 Å². The lowest BCUT2D eigenvalue weighted by atomic mass is 9.96. The summed E-state index contributed by atoms with van der Waals surface area (Å²) in [5.41, 5.74) is 9.83. The Balaban J connectivity index is 1.58. The molecule has 37 heavy (non-hydrogen) atoms. The highest BCUT2D eigenvalue weighted by molar-refractivity contribution is 7.17. The number of pyridine rings is 1. The monoisotopic (exact) mass is 515 g/mol. The number of anilines is 1. The van der Waals surface area contributed by atoms with Crippen LogP contribution in [-0.4, -0.2) is 31.0 Å². The number of nitrogens with zero attached hydrogens (tertiary/aromatic N) is 1. The Morgan fingerprint density at radius 1 is 0.946 bits per heavy atom. The van der Waals surface area contributed by atoms with Crippen molar-refractivity contribution in [3.05, 3.63) is 70.1 Å². The number of rotatable bonds is 6. The lowest BCUT2D eigenvalue weighted by molar-refractivity contribution is 0.100. The molecule has 0 atom stereocenters. The summed E-state index contributed by atoms with van der Waals surface area (Å²) >= 11 is 1.47. The third-order valence-electron chi connectivity index (χ3n) is 6.78. The number of para-hydroxylation sites is 1. The van der Waals surface area contributed by atoms with Crippen LogP contribution in [0.15, 0.2) is 48.5 Å². The first-order valence-corrected chi connectivity index (χ1v) is 13.2. The minimum atomic E-state index is -0.501. The van der Waals surface area contributed by atoms with Gasteiger partial charge < -0.3 is 20.5 Å². The molecule has 2 aromatic carbocycles. The number of hydrogen-bond donors (Lipinski definition) is 2. The molecule has 8 heteroatoms. The van der Waals surface area contributed by atoms with Crippen LogP contribution in [0.3, 0.4) is 0 Å². The van der Waals surface area contributed by atoms with Gasteiger partial charge in [0.05, 0.1) is 36.6 Å². The minimum absolute atomic E-state index is 0.308. The van der Waals surface area contributed by atoms with Crippen LogP contribution in [0, 0.1) is 0 Å². The summed E-state index contributed by atoms with van der Waals surface area (Å²) in [5, 5.41) is 4.27. The summed E-state index contributed by atoms with van der Waals surface area (Å²) < 4.78 is 10.8. The standard InChI is InChI=1S/C29H29N3O4S/c1-35-23-14-13-17(15-24(23)36-2)22-16-20(18-9-7-8-11-21(18)31-22)28(34)32-29-26(27(30)33)19-10-5-3-4-6-12-25(19)37-29/h7-9,11,13-16H,3-6,10,12H2,1-2H3,(H2,30,33)(H,32,34). The summed E-state index contributed by atoms with van der Waals surface area (Å²) in [7, 11) is 3.16. The van der Waals surface area contributed by atoms with Crippen molar-refractivity contribution in [3.63, 3.8) is 0 Å². The first-order chi connectivity index (χ1) is 18.0. The number of thiophene rings is 1. The molecular formula is C29H29N3O4S. The SMILES string of the molecule is COc1ccc(-c2cc(C(=O)Nc3sc4c(c3C(N)=O)CCCCCC4)c3ccccc3n2)cc1OC. The molecule has 0 bridgehead atoms. The van der Waals surface area contributed by atoms with Crippen LogP contribution < -0.4 is 20.5 Å². The molecule has 0 spiro atoms. The summed E-state index contributed by atoms with van der Waals surface area (Å²) in [5.74, 6) is 0.372. The summed E-state index contributed by atoms with van der Waals surface area (Å²) in [6, 6.07) is 14.8. The molecule has 7 nitrogen and oxygen atoms in total. The topological polar surface area (TPSA) is 104 Å². The van der Waals surface area contributed by atoms with E-state index in [-0.39, 0.29) is 5.91 Å². The third-order valence-corrected chi connectivity index (χ3v) is 7.99. The number of fused-ring (bicyclic) bond motifs is 2. The fourth-order valence-electron chi connectivity index (χ4n) is 4.95. The zero-order chi connectivity index (χ0) is 25.9. The number of aryl methyl sites for hydroxylation is 1. The number of amides is 2. The van der Waals surface area contributed by atoms with Crippen molar-refractivity contribution in [2.75, 3.05) is 19.5 Å². The molecule has 0 radical (unpaired) electrons. The number of benzene rings is 2. The molecule has 4 aromatic rings. The van der Waals surface area contributed by atoms with Crippen molar-refractivity contribution in [3.8, 4) is 22.8 Å². The first kappa shape index (κ1) is 24.8. The Kier molecular flexibility index (Phi) is 7.10. The van der Waals surface area contributed by atoms with Crippen LogP contribution in [0.1, 0.15) is 56.8 Å². The van der Waals surface area contributed by atoms with Gasteiger partial charge in [-0.3, -0.25) is 9.59 Å². The van der Waals surface area contributed by atoms with Gasteiger partial charge >= 0.3 is 0 Å². The molecule has 2 aromatic heterocycles. The van der Waals surface area contributed by atoms with E-state index in [1.165, 1.54) is 17.8 Å². The Morgan fingerprint density at radius 3 is 2.46 bits per heavy atom. The van der Waals surface area contributed by atoms with Gasteiger partial charge in [-0.1, -0.05) is 31.0 Å². The molecule has 0 aliphatic heterocycles. The Labute approximate surface area is 219 Å². The van der Waals surface area contributed by atoms with Gasteiger partial charge in [0.15, 0.2) is 11.5 Å². The van der Waals surface area contributed by atoms with E-state index in [4.69, 9.17) is 20.2 Å². The molecule has 190 valence electrons. The van der Waals surface area contributed by atoms with Gasteiger partial charge in [0, 0.05) is 15.8 Å². The van der Waals surface area contributed by atoms with E-state index >= 15 is 0 Å². The second kappa shape index (κ2) is 10.6. The van der Waals surface area contributed by atoms with Crippen molar-refractivity contribution in [2.24, 2.45) is 5.73 Å². The Bertz CT molecular complexity index is 1490. The number of nitrogens with two attached hydrogens (primary N) is 1. The number of methoxy groups -OCH3 is 2. The molecule has 2 heterocycles. The van der Waals surface area contributed by atoms with Gasteiger partial charge in [-0.05, 0) is 61.6 Å². The number of primary amides is 1. The second-order valence-corrected chi connectivity index (χ2v) is 10.2. The van der Waals surface area contributed by atoms with Crippen molar-refractivity contribution in [1.82, 2.24) is 4.98 Å². The zero-order valence-corrected chi connectivity index (χ0v) is 21.7. The van der Waals surface area contributed by atoms with Gasteiger partial charge in [0.25, 0.3) is 11.8 Å². The molecular weight excluding hydrogens is 486 g/mol. The van der Waals surface area contributed by atoms with E-state index < -0.39 is 5.91 Å². The first-order valence-electron chi connectivity index (χ1n) is 12.4. The summed E-state index contributed by atoms with van der Waals surface area (Å²) in [4.78, 5) is 32.2. The highest BCUT2D eigenvalue weighted by Crippen LogP contribution is 2.38. The smallest absolute Gasteiger partial charge is 0.257 e. The van der Waals surface area contributed by atoms with Gasteiger partial charge in [-0.25, -0.2) is 4.98 Å². The maximum absolute atomic E-state index is 13.7. The van der Waals surface area contributed by atoms with Gasteiger partial charge in [-0.15, -0.1) is 11.3 Å².